The Morgan fingerprint density at radius 3 is 1.23 bits per heavy atom. The Kier molecular flexibility index (Phi) is 18.5. The fourth-order valence-electron chi connectivity index (χ4n) is 4.77. The molecule has 0 N–H and O–H groups in total. The molecule has 1 rings (SSSR count). The molecule has 0 aromatic rings. The molecule has 1 unspecified atom stereocenters. The smallest absolute Gasteiger partial charge is 0.101 e. The van der Waals surface area contributed by atoms with Crippen molar-refractivity contribution in [1.29, 1.82) is 0 Å². The molecule has 1 atom stereocenters. The van der Waals surface area contributed by atoms with Crippen LogP contribution in [0.25, 0.3) is 0 Å². The second-order valence-corrected chi connectivity index (χ2v) is 9.70. The maximum absolute atomic E-state index is 2.67. The molecule has 0 saturated heterocycles. The summed E-state index contributed by atoms with van der Waals surface area (Å²) in [7, 11) is 0. The first kappa shape index (κ1) is 27.4. The molecule has 1 aliphatic heterocycles. The fraction of sp³-hybridized carbons (Fsp3) is 0.929. The van der Waals surface area contributed by atoms with Crippen molar-refractivity contribution in [3.05, 3.63) is 12.4 Å². The summed E-state index contributed by atoms with van der Waals surface area (Å²) < 4.78 is 0. The number of nitrogens with zero attached hydrogens (tertiary/aromatic N) is 2. The lowest BCUT2D eigenvalue weighted by atomic mass is 10.1. The van der Waals surface area contributed by atoms with Crippen molar-refractivity contribution in [3.8, 4) is 0 Å². The molecule has 0 radical (unpaired) electrons. The van der Waals surface area contributed by atoms with Crippen molar-refractivity contribution in [2.24, 2.45) is 0 Å². The fourth-order valence-corrected chi connectivity index (χ4v) is 4.77. The Morgan fingerprint density at radius 1 is 0.433 bits per heavy atom. The van der Waals surface area contributed by atoms with Gasteiger partial charge in [0, 0.05) is 25.5 Å². The van der Waals surface area contributed by atoms with Gasteiger partial charge in [0.25, 0.3) is 0 Å². The molecule has 0 spiro atoms. The van der Waals surface area contributed by atoms with E-state index >= 15 is 0 Å². The molecule has 0 aromatic heterocycles. The second kappa shape index (κ2) is 20.3. The van der Waals surface area contributed by atoms with E-state index in [0.717, 1.165) is 0 Å². The van der Waals surface area contributed by atoms with Gasteiger partial charge in [-0.2, -0.15) is 0 Å². The highest BCUT2D eigenvalue weighted by Crippen LogP contribution is 2.23. The molecular weight excluding hydrogens is 364 g/mol. The number of unbranched alkanes of at least 4 members (excludes halogenated alkanes) is 16. The van der Waals surface area contributed by atoms with Crippen molar-refractivity contribution in [2.75, 3.05) is 13.1 Å². The molecule has 0 aliphatic carbocycles. The molecule has 0 saturated carbocycles. The maximum Gasteiger partial charge on any atom is 0.101 e. The van der Waals surface area contributed by atoms with Crippen LogP contribution in [0.3, 0.4) is 0 Å². The van der Waals surface area contributed by atoms with E-state index in [4.69, 9.17) is 0 Å². The Labute approximate surface area is 190 Å². The first-order valence-electron chi connectivity index (χ1n) is 14.0. The SMILES string of the molecule is CCCCCCCCCCCCN1C=CN(CCCCC)C1CCCCCCCC. The van der Waals surface area contributed by atoms with Gasteiger partial charge in [-0.3, -0.25) is 0 Å². The molecule has 1 heterocycles. The van der Waals surface area contributed by atoms with Crippen LogP contribution in [-0.4, -0.2) is 29.1 Å². The third-order valence-corrected chi connectivity index (χ3v) is 6.82. The van der Waals surface area contributed by atoms with Crippen LogP contribution in [0.2, 0.25) is 0 Å². The summed E-state index contributed by atoms with van der Waals surface area (Å²) in [4.78, 5) is 5.32. The molecule has 0 fully saturated rings. The van der Waals surface area contributed by atoms with Crippen LogP contribution in [0.5, 0.6) is 0 Å². The topological polar surface area (TPSA) is 6.48 Å². The lowest BCUT2D eigenvalue weighted by Gasteiger charge is -2.33. The number of rotatable bonds is 22. The molecule has 30 heavy (non-hydrogen) atoms. The van der Waals surface area contributed by atoms with E-state index in [9.17, 15) is 0 Å². The van der Waals surface area contributed by atoms with Crippen molar-refractivity contribution >= 4 is 0 Å². The summed E-state index contributed by atoms with van der Waals surface area (Å²) in [5, 5.41) is 0. The maximum atomic E-state index is 2.67. The summed E-state index contributed by atoms with van der Waals surface area (Å²) in [5.74, 6) is 0. The summed E-state index contributed by atoms with van der Waals surface area (Å²) in [6, 6.07) is 0. The largest absolute Gasteiger partial charge is 0.356 e. The molecule has 2 heteroatoms. The lowest BCUT2D eigenvalue weighted by molar-refractivity contribution is 0.135. The Bertz CT molecular complexity index is 379. The van der Waals surface area contributed by atoms with Crippen LogP contribution in [0.1, 0.15) is 149 Å². The quantitative estimate of drug-likeness (QED) is 0.161. The van der Waals surface area contributed by atoms with Gasteiger partial charge in [-0.05, 0) is 25.7 Å². The summed E-state index contributed by atoms with van der Waals surface area (Å²) in [6.07, 6.45) is 33.6. The van der Waals surface area contributed by atoms with Crippen molar-refractivity contribution in [2.45, 2.75) is 155 Å². The standard InChI is InChI=1S/C28H56N2/c1-4-7-10-12-14-15-16-17-19-22-25-30-27-26-29(24-21-9-6-3)28(30)23-20-18-13-11-8-5-2/h26-28H,4-25H2,1-3H3. The molecule has 1 aliphatic rings. The van der Waals surface area contributed by atoms with Gasteiger partial charge < -0.3 is 9.80 Å². The van der Waals surface area contributed by atoms with Gasteiger partial charge in [-0.25, -0.2) is 0 Å². The minimum absolute atomic E-state index is 0.645. The zero-order chi connectivity index (χ0) is 21.7. The van der Waals surface area contributed by atoms with Crippen LogP contribution in [-0.2, 0) is 0 Å². The average molecular weight is 421 g/mol. The van der Waals surface area contributed by atoms with Crippen molar-refractivity contribution < 1.29 is 0 Å². The van der Waals surface area contributed by atoms with Crippen LogP contribution in [0.4, 0.5) is 0 Å². The van der Waals surface area contributed by atoms with Gasteiger partial charge >= 0.3 is 0 Å². The third kappa shape index (κ3) is 13.6. The summed E-state index contributed by atoms with van der Waals surface area (Å²) in [6.45, 7) is 9.43. The first-order valence-corrected chi connectivity index (χ1v) is 14.0. The molecule has 178 valence electrons. The molecule has 0 bridgehead atoms. The number of hydrogen-bond acceptors (Lipinski definition) is 2. The second-order valence-electron chi connectivity index (χ2n) is 9.70. The highest BCUT2D eigenvalue weighted by molar-refractivity contribution is 4.96. The van der Waals surface area contributed by atoms with E-state index in [-0.39, 0.29) is 0 Å². The van der Waals surface area contributed by atoms with E-state index < -0.39 is 0 Å². The molecular formula is C28H56N2. The molecule has 0 aromatic carbocycles. The van der Waals surface area contributed by atoms with E-state index in [2.05, 4.69) is 43.0 Å². The van der Waals surface area contributed by atoms with Crippen LogP contribution >= 0.6 is 0 Å². The van der Waals surface area contributed by atoms with E-state index in [1.807, 2.05) is 0 Å². The summed E-state index contributed by atoms with van der Waals surface area (Å²) in [5.41, 5.74) is 0. The normalized spacial score (nSPS) is 16.2. The van der Waals surface area contributed by atoms with Crippen LogP contribution in [0, 0.1) is 0 Å². The third-order valence-electron chi connectivity index (χ3n) is 6.82. The van der Waals surface area contributed by atoms with Crippen molar-refractivity contribution in [3.63, 3.8) is 0 Å². The Hall–Kier alpha value is -0.660. The van der Waals surface area contributed by atoms with Gasteiger partial charge in [-0.1, -0.05) is 124 Å². The minimum atomic E-state index is 0.645. The zero-order valence-electron chi connectivity index (χ0n) is 21.2. The Morgan fingerprint density at radius 2 is 0.767 bits per heavy atom. The lowest BCUT2D eigenvalue weighted by Crippen LogP contribution is -2.39. The van der Waals surface area contributed by atoms with E-state index in [1.165, 1.54) is 142 Å². The number of hydrogen-bond donors (Lipinski definition) is 0. The van der Waals surface area contributed by atoms with Crippen LogP contribution in [0.15, 0.2) is 12.4 Å². The monoisotopic (exact) mass is 420 g/mol. The average Bonchev–Trinajstić information content (AvgIpc) is 3.13. The Balaban J connectivity index is 2.20. The highest BCUT2D eigenvalue weighted by Gasteiger charge is 2.24. The zero-order valence-corrected chi connectivity index (χ0v) is 21.2. The molecule has 0 amide bonds. The minimum Gasteiger partial charge on any atom is -0.356 e. The van der Waals surface area contributed by atoms with Crippen molar-refractivity contribution in [1.82, 2.24) is 9.80 Å². The van der Waals surface area contributed by atoms with Gasteiger partial charge in [0.05, 0.1) is 0 Å². The van der Waals surface area contributed by atoms with Gasteiger partial charge in [0.15, 0.2) is 0 Å². The summed E-state index contributed by atoms with van der Waals surface area (Å²) >= 11 is 0. The van der Waals surface area contributed by atoms with Gasteiger partial charge in [0.2, 0.25) is 0 Å². The van der Waals surface area contributed by atoms with E-state index in [1.54, 1.807) is 0 Å². The predicted molar refractivity (Wildman–Crippen MR) is 136 cm³/mol. The highest BCUT2D eigenvalue weighted by atomic mass is 15.4. The molecule has 2 nitrogen and oxygen atoms in total. The predicted octanol–water partition coefficient (Wildman–Crippen LogP) is 9.26. The van der Waals surface area contributed by atoms with Crippen LogP contribution < -0.4 is 0 Å². The van der Waals surface area contributed by atoms with E-state index in [0.29, 0.717) is 6.17 Å². The van der Waals surface area contributed by atoms with Gasteiger partial charge in [0.1, 0.15) is 6.17 Å². The van der Waals surface area contributed by atoms with Gasteiger partial charge in [-0.15, -0.1) is 0 Å². The first-order chi connectivity index (χ1) is 14.8.